The highest BCUT2D eigenvalue weighted by molar-refractivity contribution is 6.31. The van der Waals surface area contributed by atoms with Gasteiger partial charge in [0.2, 0.25) is 0 Å². The molecular formula is C21H20ClFN2O. The fourth-order valence-corrected chi connectivity index (χ4v) is 4.38. The number of carbonyl (C=O) groups is 1. The number of carbonyl (C=O) groups excluding carboxylic acids is 1. The lowest BCUT2D eigenvalue weighted by molar-refractivity contribution is -0.116. The predicted octanol–water partition coefficient (Wildman–Crippen LogP) is 4.99. The highest BCUT2D eigenvalue weighted by Crippen LogP contribution is 2.45. The van der Waals surface area contributed by atoms with Crippen molar-refractivity contribution in [3.63, 3.8) is 0 Å². The molecule has 0 N–H and O–H groups in total. The fourth-order valence-electron chi connectivity index (χ4n) is 4.10. The molecule has 0 fully saturated rings. The number of benzene rings is 2. The summed E-state index contributed by atoms with van der Waals surface area (Å²) in [6.45, 7) is 5.35. The summed E-state index contributed by atoms with van der Waals surface area (Å²) in [6.07, 6.45) is 0.345. The van der Waals surface area contributed by atoms with Crippen molar-refractivity contribution in [2.24, 2.45) is 0 Å². The second-order valence-electron chi connectivity index (χ2n) is 7.02. The number of rotatable bonds is 3. The van der Waals surface area contributed by atoms with E-state index in [1.54, 1.807) is 19.1 Å². The van der Waals surface area contributed by atoms with Crippen LogP contribution in [0.1, 0.15) is 18.1 Å². The van der Waals surface area contributed by atoms with Crippen LogP contribution in [-0.4, -0.2) is 23.9 Å². The van der Waals surface area contributed by atoms with Gasteiger partial charge in [-0.25, -0.2) is 4.39 Å². The van der Waals surface area contributed by atoms with Crippen LogP contribution in [0.3, 0.4) is 0 Å². The Labute approximate surface area is 157 Å². The highest BCUT2D eigenvalue weighted by atomic mass is 35.5. The van der Waals surface area contributed by atoms with E-state index < -0.39 is 0 Å². The van der Waals surface area contributed by atoms with Crippen molar-refractivity contribution in [2.45, 2.75) is 26.8 Å². The molecule has 0 spiro atoms. The summed E-state index contributed by atoms with van der Waals surface area (Å²) in [4.78, 5) is 14.2. The SMILES string of the molecule is CC(=O)Cc1c(C)c2c3c(cc(Cl)n3CCN2C)c1-c1ccc(F)cc1. The lowest BCUT2D eigenvalue weighted by atomic mass is 9.88. The van der Waals surface area contributed by atoms with E-state index in [1.165, 1.54) is 12.1 Å². The normalized spacial score (nSPS) is 13.5. The molecule has 134 valence electrons. The second kappa shape index (κ2) is 6.13. The third-order valence-electron chi connectivity index (χ3n) is 5.25. The molecular weight excluding hydrogens is 351 g/mol. The molecule has 0 unspecified atom stereocenters. The fraction of sp³-hybridized carbons (Fsp3) is 0.286. The maximum Gasteiger partial charge on any atom is 0.134 e. The number of hydrogen-bond donors (Lipinski definition) is 0. The molecule has 3 nitrogen and oxygen atoms in total. The van der Waals surface area contributed by atoms with Gasteiger partial charge in [-0.1, -0.05) is 23.7 Å². The molecule has 1 aliphatic heterocycles. The van der Waals surface area contributed by atoms with E-state index >= 15 is 0 Å². The summed E-state index contributed by atoms with van der Waals surface area (Å²) in [6, 6.07) is 8.43. The van der Waals surface area contributed by atoms with E-state index in [0.29, 0.717) is 11.6 Å². The van der Waals surface area contributed by atoms with Gasteiger partial charge in [0, 0.05) is 31.9 Å². The average molecular weight is 371 g/mol. The predicted molar refractivity (Wildman–Crippen MR) is 105 cm³/mol. The second-order valence-corrected chi connectivity index (χ2v) is 7.40. The van der Waals surface area contributed by atoms with E-state index in [0.717, 1.165) is 51.9 Å². The molecule has 0 saturated heterocycles. The minimum absolute atomic E-state index is 0.104. The van der Waals surface area contributed by atoms with E-state index in [1.807, 2.05) is 6.07 Å². The largest absolute Gasteiger partial charge is 0.371 e. The first kappa shape index (κ1) is 17.1. The summed E-state index contributed by atoms with van der Waals surface area (Å²) < 4.78 is 15.6. The molecule has 26 heavy (non-hydrogen) atoms. The van der Waals surface area contributed by atoms with Gasteiger partial charge in [0.25, 0.3) is 0 Å². The minimum Gasteiger partial charge on any atom is -0.371 e. The van der Waals surface area contributed by atoms with E-state index in [2.05, 4.69) is 23.4 Å². The summed E-state index contributed by atoms with van der Waals surface area (Å²) in [5.41, 5.74) is 6.18. The Bertz CT molecular complexity index is 1040. The third-order valence-corrected chi connectivity index (χ3v) is 5.56. The van der Waals surface area contributed by atoms with Gasteiger partial charge in [0.1, 0.15) is 16.8 Å². The topological polar surface area (TPSA) is 25.2 Å². The molecule has 0 aliphatic carbocycles. The number of halogens is 2. The lowest BCUT2D eigenvalue weighted by Crippen LogP contribution is -2.28. The van der Waals surface area contributed by atoms with Crippen molar-refractivity contribution in [2.75, 3.05) is 18.5 Å². The Morgan fingerprint density at radius 3 is 2.58 bits per heavy atom. The molecule has 0 radical (unpaired) electrons. The zero-order chi connectivity index (χ0) is 18.6. The van der Waals surface area contributed by atoms with Crippen molar-refractivity contribution in [1.82, 2.24) is 4.57 Å². The van der Waals surface area contributed by atoms with Crippen molar-refractivity contribution in [3.8, 4) is 11.1 Å². The zero-order valence-electron chi connectivity index (χ0n) is 15.1. The Balaban J connectivity index is 2.15. The standard InChI is InChI=1S/C21H20ClFN2O/c1-12(26)10-16-13(2)20-21-17(11-18(22)25(21)9-8-24(20)3)19(16)14-4-6-15(23)7-5-14/h4-7,11H,8-10H2,1-3H3. The molecule has 2 heterocycles. The summed E-state index contributed by atoms with van der Waals surface area (Å²) >= 11 is 6.53. The zero-order valence-corrected chi connectivity index (χ0v) is 15.8. The first-order chi connectivity index (χ1) is 12.4. The number of likely N-dealkylation sites (N-methyl/N-ethyl adjacent to an activating group) is 1. The Hall–Kier alpha value is -2.33. The maximum atomic E-state index is 13.5. The van der Waals surface area contributed by atoms with Gasteiger partial charge in [0.15, 0.2) is 0 Å². The Kier molecular flexibility index (Phi) is 4.03. The Morgan fingerprint density at radius 1 is 1.23 bits per heavy atom. The van der Waals surface area contributed by atoms with E-state index in [4.69, 9.17) is 11.6 Å². The molecule has 1 aliphatic rings. The minimum atomic E-state index is -0.275. The maximum absolute atomic E-state index is 13.5. The first-order valence-corrected chi connectivity index (χ1v) is 9.07. The summed E-state index contributed by atoms with van der Waals surface area (Å²) in [7, 11) is 2.07. The number of anilines is 1. The van der Waals surface area contributed by atoms with Gasteiger partial charge in [-0.2, -0.15) is 0 Å². The van der Waals surface area contributed by atoms with Gasteiger partial charge in [0.05, 0.1) is 11.2 Å². The molecule has 0 amide bonds. The number of hydrogen-bond acceptors (Lipinski definition) is 2. The summed E-state index contributed by atoms with van der Waals surface area (Å²) in [5.74, 6) is -0.171. The number of aromatic nitrogens is 1. The molecule has 4 rings (SSSR count). The van der Waals surface area contributed by atoms with Gasteiger partial charge < -0.3 is 9.47 Å². The highest BCUT2D eigenvalue weighted by Gasteiger charge is 2.27. The molecule has 0 saturated carbocycles. The molecule has 5 heteroatoms. The van der Waals surface area contributed by atoms with Crippen LogP contribution in [-0.2, 0) is 17.8 Å². The van der Waals surface area contributed by atoms with Crippen LogP contribution in [0, 0.1) is 12.7 Å². The number of ketones is 1. The quantitative estimate of drug-likeness (QED) is 0.649. The molecule has 3 aromatic rings. The van der Waals surface area contributed by atoms with Crippen molar-refractivity contribution in [1.29, 1.82) is 0 Å². The van der Waals surface area contributed by atoms with Gasteiger partial charge in [-0.05, 0) is 54.3 Å². The van der Waals surface area contributed by atoms with Gasteiger partial charge in [-0.15, -0.1) is 0 Å². The molecule has 1 aromatic heterocycles. The lowest BCUT2D eigenvalue weighted by Gasteiger charge is -2.31. The summed E-state index contributed by atoms with van der Waals surface area (Å²) in [5, 5.41) is 1.71. The van der Waals surface area contributed by atoms with Crippen LogP contribution in [0.4, 0.5) is 10.1 Å². The van der Waals surface area contributed by atoms with Crippen LogP contribution in [0.15, 0.2) is 30.3 Å². The molecule has 0 bridgehead atoms. The van der Waals surface area contributed by atoms with Crippen molar-refractivity contribution in [3.05, 3.63) is 52.4 Å². The molecule has 0 atom stereocenters. The molecule has 2 aromatic carbocycles. The van der Waals surface area contributed by atoms with Crippen LogP contribution in [0.25, 0.3) is 22.0 Å². The smallest absolute Gasteiger partial charge is 0.134 e. The van der Waals surface area contributed by atoms with Crippen molar-refractivity contribution >= 4 is 34.0 Å². The van der Waals surface area contributed by atoms with E-state index in [9.17, 15) is 9.18 Å². The van der Waals surface area contributed by atoms with Gasteiger partial charge >= 0.3 is 0 Å². The van der Waals surface area contributed by atoms with Crippen LogP contribution in [0.5, 0.6) is 0 Å². The first-order valence-electron chi connectivity index (χ1n) is 8.69. The van der Waals surface area contributed by atoms with Gasteiger partial charge in [-0.3, -0.25) is 4.79 Å². The average Bonchev–Trinajstić information content (AvgIpc) is 2.91. The van der Waals surface area contributed by atoms with Crippen LogP contribution >= 0.6 is 11.6 Å². The number of nitrogens with zero attached hydrogens (tertiary/aromatic N) is 2. The van der Waals surface area contributed by atoms with Crippen LogP contribution < -0.4 is 4.90 Å². The monoisotopic (exact) mass is 370 g/mol. The third kappa shape index (κ3) is 2.52. The van der Waals surface area contributed by atoms with E-state index in [-0.39, 0.29) is 11.6 Å². The Morgan fingerprint density at radius 2 is 1.92 bits per heavy atom. The van der Waals surface area contributed by atoms with Crippen molar-refractivity contribution < 1.29 is 9.18 Å². The number of Topliss-reactive ketones (excluding diaryl/α,β-unsaturated/α-hetero) is 1. The van der Waals surface area contributed by atoms with Crippen LogP contribution in [0.2, 0.25) is 5.15 Å².